The first-order valence-corrected chi connectivity index (χ1v) is 14.8. The van der Waals surface area contributed by atoms with E-state index in [1.807, 2.05) is 6.07 Å². The fourth-order valence-corrected chi connectivity index (χ4v) is 5.16. The van der Waals surface area contributed by atoms with Gasteiger partial charge in [0, 0.05) is 30.5 Å². The Morgan fingerprint density at radius 2 is 1.54 bits per heavy atom. The summed E-state index contributed by atoms with van der Waals surface area (Å²) in [5.74, 6) is -0.873. The number of hydrogen-bond acceptors (Lipinski definition) is 6. The molecule has 0 bridgehead atoms. The van der Waals surface area contributed by atoms with E-state index in [2.05, 4.69) is 15.6 Å². The second-order valence-electron chi connectivity index (χ2n) is 8.64. The third-order valence-electron chi connectivity index (χ3n) is 5.79. The predicted octanol–water partition coefficient (Wildman–Crippen LogP) is 4.89. The van der Waals surface area contributed by atoms with Crippen LogP contribution < -0.4 is 10.6 Å². The van der Waals surface area contributed by atoms with Gasteiger partial charge in [-0.2, -0.15) is 21.6 Å². The molecule has 0 radical (unpaired) electrons. The number of urea groups is 1. The van der Waals surface area contributed by atoms with E-state index in [0.29, 0.717) is 29.7 Å². The summed E-state index contributed by atoms with van der Waals surface area (Å²) in [6.45, 7) is 0.267. The minimum Gasteiger partial charge on any atom is -0.334 e. The minimum atomic E-state index is -5.50. The lowest BCUT2D eigenvalue weighted by Gasteiger charge is -2.19. The van der Waals surface area contributed by atoms with Gasteiger partial charge in [0.15, 0.2) is 0 Å². The number of nitrogens with one attached hydrogen (secondary N) is 2. The Bertz CT molecular complexity index is 1460. The zero-order valence-electron chi connectivity index (χ0n) is 20.4. The van der Waals surface area contributed by atoms with Crippen molar-refractivity contribution in [3.63, 3.8) is 0 Å². The molecule has 1 heterocycles. The van der Waals surface area contributed by atoms with Crippen molar-refractivity contribution in [2.24, 2.45) is 0 Å². The minimum absolute atomic E-state index is 0.145. The van der Waals surface area contributed by atoms with E-state index in [0.717, 1.165) is 17.7 Å². The van der Waals surface area contributed by atoms with E-state index in [1.54, 1.807) is 42.7 Å². The van der Waals surface area contributed by atoms with Crippen LogP contribution >= 0.6 is 0 Å². The Morgan fingerprint density at radius 3 is 2.08 bits per heavy atom. The number of amides is 2. The number of rotatable bonds is 11. The van der Waals surface area contributed by atoms with E-state index in [9.17, 15) is 34.8 Å². The van der Waals surface area contributed by atoms with Gasteiger partial charge in [0.25, 0.3) is 20.0 Å². The van der Waals surface area contributed by atoms with Gasteiger partial charge in [-0.05, 0) is 59.9 Å². The maximum atomic E-state index is 12.9. The highest BCUT2D eigenvalue weighted by Crippen LogP contribution is 2.34. The average molecular weight is 586 g/mol. The average Bonchev–Trinajstić information content (AvgIpc) is 2.88. The highest BCUT2D eigenvalue weighted by Gasteiger charge is 2.46. The van der Waals surface area contributed by atoms with Crippen LogP contribution in [0.5, 0.6) is 0 Å². The fraction of sp³-hybridized carbons (Fsp3) is 0.280. The van der Waals surface area contributed by atoms with Gasteiger partial charge in [-0.3, -0.25) is 9.54 Å². The number of alkyl halides is 3. The molecule has 0 spiro atoms. The fourth-order valence-electron chi connectivity index (χ4n) is 3.83. The number of unbranched alkanes of at least 4 members (excludes halogenated alkanes) is 1. The van der Waals surface area contributed by atoms with Gasteiger partial charge in [-0.25, -0.2) is 13.2 Å². The molecule has 3 aromatic rings. The maximum absolute atomic E-state index is 12.9. The molecule has 3 rings (SSSR count). The van der Waals surface area contributed by atoms with Crippen molar-refractivity contribution in [2.75, 3.05) is 11.1 Å². The number of nitrogens with zero attached hydrogens (tertiary/aromatic N) is 1. The first kappa shape index (κ1) is 30.1. The molecule has 2 amide bonds. The molecule has 0 aliphatic heterocycles. The summed E-state index contributed by atoms with van der Waals surface area (Å²) in [4.78, 5) is 15.3. The van der Waals surface area contributed by atoms with Gasteiger partial charge in [0.2, 0.25) is 0 Å². The highest BCUT2D eigenvalue weighted by atomic mass is 32.2. The van der Waals surface area contributed by atoms with Crippen molar-refractivity contribution >= 4 is 31.7 Å². The van der Waals surface area contributed by atoms with E-state index in [1.165, 1.54) is 12.1 Å². The predicted molar refractivity (Wildman–Crippen MR) is 138 cm³/mol. The Hall–Kier alpha value is -3.49. The molecule has 0 saturated carbocycles. The molecule has 1 atom stereocenters. The Labute approximate surface area is 224 Å². The Morgan fingerprint density at radius 1 is 0.923 bits per heavy atom. The number of pyridine rings is 1. The smallest absolute Gasteiger partial charge is 0.334 e. The molecular weight excluding hydrogens is 559 g/mol. The molecular formula is C25H26F3N3O6S2. The van der Waals surface area contributed by atoms with E-state index < -0.39 is 48.1 Å². The normalized spacial score (nSPS) is 13.0. The van der Waals surface area contributed by atoms with Crippen molar-refractivity contribution in [1.29, 1.82) is 0 Å². The van der Waals surface area contributed by atoms with Crippen molar-refractivity contribution in [3.8, 4) is 0 Å². The SMILES string of the molecule is O=C(NCc1cccnc1)Nc1ccc(C(CCCCS(=O)(=O)O)c2ccc(S(=O)(=O)C(F)(F)F)cc2)cc1. The number of sulfone groups is 1. The van der Waals surface area contributed by atoms with Gasteiger partial charge in [-0.1, -0.05) is 36.8 Å². The van der Waals surface area contributed by atoms with Crippen LogP contribution in [0.4, 0.5) is 23.7 Å². The monoisotopic (exact) mass is 585 g/mol. The molecule has 1 aromatic heterocycles. The summed E-state index contributed by atoms with van der Waals surface area (Å²) in [7, 11) is -9.65. The molecule has 39 heavy (non-hydrogen) atoms. The van der Waals surface area contributed by atoms with Crippen LogP contribution in [0.1, 0.15) is 41.9 Å². The molecule has 0 aliphatic carbocycles. The summed E-state index contributed by atoms with van der Waals surface area (Å²) < 4.78 is 93.2. The van der Waals surface area contributed by atoms with Gasteiger partial charge in [0.05, 0.1) is 10.6 Å². The van der Waals surface area contributed by atoms with Crippen LogP contribution in [0, 0.1) is 0 Å². The third kappa shape index (κ3) is 8.76. The molecule has 0 fully saturated rings. The molecule has 0 aliphatic rings. The standard InChI is InChI=1S/C25H26F3N3O6S2/c26-25(27,28)39(36,37)22-12-8-20(9-13-22)23(5-1-2-15-38(33,34)35)19-6-10-21(11-7-19)31-24(32)30-17-18-4-3-14-29-16-18/h3-4,6-14,16,23H,1-2,5,15,17H2,(H2,30,31,32)(H,33,34,35). The summed E-state index contributed by atoms with van der Waals surface area (Å²) in [6, 6.07) is 14.1. The lowest BCUT2D eigenvalue weighted by atomic mass is 9.87. The molecule has 14 heteroatoms. The van der Waals surface area contributed by atoms with Crippen molar-refractivity contribution in [2.45, 2.75) is 42.1 Å². The Kier molecular flexibility index (Phi) is 9.69. The number of benzene rings is 2. The number of aromatic nitrogens is 1. The number of halogens is 3. The van der Waals surface area contributed by atoms with Crippen molar-refractivity contribution in [1.82, 2.24) is 10.3 Å². The highest BCUT2D eigenvalue weighted by molar-refractivity contribution is 7.92. The molecule has 2 aromatic carbocycles. The van der Waals surface area contributed by atoms with Gasteiger partial charge in [-0.15, -0.1) is 0 Å². The largest absolute Gasteiger partial charge is 0.501 e. The summed E-state index contributed by atoms with van der Waals surface area (Å²) in [6.07, 6.45) is 4.09. The van der Waals surface area contributed by atoms with Crippen LogP contribution in [0.3, 0.4) is 0 Å². The molecule has 3 N–H and O–H groups in total. The van der Waals surface area contributed by atoms with Gasteiger partial charge < -0.3 is 10.6 Å². The first-order valence-electron chi connectivity index (χ1n) is 11.7. The van der Waals surface area contributed by atoms with E-state index in [4.69, 9.17) is 4.55 Å². The molecule has 1 unspecified atom stereocenters. The number of carbonyl (C=O) groups is 1. The number of hydrogen-bond donors (Lipinski definition) is 3. The lowest BCUT2D eigenvalue weighted by Crippen LogP contribution is -2.28. The molecule has 210 valence electrons. The van der Waals surface area contributed by atoms with E-state index in [-0.39, 0.29) is 13.0 Å². The van der Waals surface area contributed by atoms with Crippen molar-refractivity contribution in [3.05, 3.63) is 89.7 Å². The molecule has 9 nitrogen and oxygen atoms in total. The van der Waals surface area contributed by atoms with E-state index >= 15 is 0 Å². The topological polar surface area (TPSA) is 143 Å². The first-order chi connectivity index (χ1) is 18.3. The summed E-state index contributed by atoms with van der Waals surface area (Å²) in [5, 5.41) is 5.38. The second-order valence-corrected chi connectivity index (χ2v) is 12.2. The van der Waals surface area contributed by atoms with Crippen molar-refractivity contribution < 1.29 is 39.4 Å². The zero-order chi connectivity index (χ0) is 28.7. The third-order valence-corrected chi connectivity index (χ3v) is 8.10. The second kappa shape index (κ2) is 12.6. The van der Waals surface area contributed by atoms with Crippen LogP contribution in [0.25, 0.3) is 0 Å². The van der Waals surface area contributed by atoms with Gasteiger partial charge in [0.1, 0.15) is 0 Å². The quantitative estimate of drug-likeness (QED) is 0.215. The van der Waals surface area contributed by atoms with Crippen LogP contribution in [-0.4, -0.2) is 43.7 Å². The number of anilines is 1. The number of carbonyl (C=O) groups excluding carboxylic acids is 1. The lowest BCUT2D eigenvalue weighted by molar-refractivity contribution is -0.0436. The maximum Gasteiger partial charge on any atom is 0.501 e. The van der Waals surface area contributed by atoms with Crippen LogP contribution in [0.15, 0.2) is 78.0 Å². The Balaban J connectivity index is 1.75. The zero-order valence-corrected chi connectivity index (χ0v) is 22.1. The summed E-state index contributed by atoms with van der Waals surface area (Å²) in [5.41, 5.74) is -2.93. The van der Waals surface area contributed by atoms with Crippen LogP contribution in [-0.2, 0) is 26.5 Å². The van der Waals surface area contributed by atoms with Crippen LogP contribution in [0.2, 0.25) is 0 Å². The molecule has 0 saturated heterocycles. The summed E-state index contributed by atoms with van der Waals surface area (Å²) >= 11 is 0. The van der Waals surface area contributed by atoms with Gasteiger partial charge >= 0.3 is 11.5 Å².